The minimum Gasteiger partial charge on any atom is -0.395 e. The molecule has 0 atom stereocenters. The van der Waals surface area contributed by atoms with Gasteiger partial charge in [0.15, 0.2) is 5.82 Å². The predicted octanol–water partition coefficient (Wildman–Crippen LogP) is 3.23. The number of hydrogen-bond acceptors (Lipinski definition) is 6. The van der Waals surface area contributed by atoms with Crippen molar-refractivity contribution >= 4 is 22.2 Å². The lowest BCUT2D eigenvalue weighted by molar-refractivity contribution is 0.220. The Morgan fingerprint density at radius 3 is 2.74 bits per heavy atom. The van der Waals surface area contributed by atoms with Gasteiger partial charge in [-0.2, -0.15) is 10.2 Å². The van der Waals surface area contributed by atoms with Crippen LogP contribution < -0.4 is 5.73 Å². The second-order valence-electron chi connectivity index (χ2n) is 8.67. The molecule has 0 aliphatic rings. The highest BCUT2D eigenvalue weighted by Crippen LogP contribution is 2.32. The first-order valence-electron chi connectivity index (χ1n) is 11.5. The molecule has 2 aromatic carbocycles. The normalized spacial score (nSPS) is 11.7. The maximum Gasteiger partial charge on any atom is 0.151 e. The molecule has 0 saturated carbocycles. The number of aliphatic hydroxyl groups excluding tert-OH is 1. The number of nitrogen functional groups attached to an aromatic ring is 1. The van der Waals surface area contributed by atoms with Crippen molar-refractivity contribution in [3.8, 4) is 11.1 Å². The number of fused-ring (bicyclic) bond motifs is 2. The first-order chi connectivity index (χ1) is 16.6. The molecule has 0 radical (unpaired) electrons. The second kappa shape index (κ2) is 9.62. The number of likely N-dealkylation sites (N-methyl/N-ethyl adjacent to an activating group) is 1. The van der Waals surface area contributed by atoms with Gasteiger partial charge in [-0.15, -0.1) is 0 Å². The van der Waals surface area contributed by atoms with E-state index in [1.165, 1.54) is 11.9 Å². The zero-order valence-corrected chi connectivity index (χ0v) is 19.3. The van der Waals surface area contributed by atoms with Crippen LogP contribution in [-0.4, -0.2) is 61.1 Å². The van der Waals surface area contributed by atoms with E-state index in [1.807, 2.05) is 34.4 Å². The molecule has 8 nitrogen and oxygen atoms in total. The number of hydrogen-bond donors (Lipinski definition) is 2. The third-order valence-corrected chi connectivity index (χ3v) is 6.16. The Bertz CT molecular complexity index is 1410. The van der Waals surface area contributed by atoms with Crippen molar-refractivity contribution in [1.82, 2.24) is 29.3 Å². The Morgan fingerprint density at radius 1 is 1.06 bits per heavy atom. The minimum atomic E-state index is 0.169. The van der Waals surface area contributed by atoms with Gasteiger partial charge in [0.05, 0.1) is 18.7 Å². The molecule has 8 heteroatoms. The fourth-order valence-corrected chi connectivity index (χ4v) is 4.43. The molecular weight excluding hydrogens is 426 g/mol. The standard InChI is InChI=1S/C26H29N7O/c1-31(12-13-34)11-5-8-22-15-23(25-26(27)28-18-29-33(22)25)20-9-10-21-17-32(30-24(21)14-20)16-19-6-3-2-4-7-19/h2-4,6-7,9-10,14-15,17-18,34H,5,8,11-13,16H2,1H3,(H2,27,28,29). The van der Waals surface area contributed by atoms with E-state index in [1.54, 1.807) is 0 Å². The highest BCUT2D eigenvalue weighted by molar-refractivity contribution is 5.92. The van der Waals surface area contributed by atoms with E-state index in [0.717, 1.165) is 59.2 Å². The summed E-state index contributed by atoms with van der Waals surface area (Å²) in [6, 6.07) is 18.8. The van der Waals surface area contributed by atoms with Crippen molar-refractivity contribution < 1.29 is 5.11 Å². The number of aliphatic hydroxyl groups is 1. The zero-order valence-electron chi connectivity index (χ0n) is 19.3. The van der Waals surface area contributed by atoms with E-state index in [-0.39, 0.29) is 6.61 Å². The summed E-state index contributed by atoms with van der Waals surface area (Å²) in [5.74, 6) is 0.461. The fraction of sp³-hybridized carbons (Fsp3) is 0.269. The predicted molar refractivity (Wildman–Crippen MR) is 135 cm³/mol. The van der Waals surface area contributed by atoms with E-state index in [2.05, 4.69) is 57.6 Å². The van der Waals surface area contributed by atoms with E-state index >= 15 is 0 Å². The Kier molecular flexibility index (Phi) is 6.24. The van der Waals surface area contributed by atoms with Crippen molar-refractivity contribution in [3.05, 3.63) is 78.4 Å². The Labute approximate surface area is 198 Å². The van der Waals surface area contributed by atoms with E-state index < -0.39 is 0 Å². The van der Waals surface area contributed by atoms with Gasteiger partial charge >= 0.3 is 0 Å². The van der Waals surface area contributed by atoms with Crippen molar-refractivity contribution in [3.63, 3.8) is 0 Å². The van der Waals surface area contributed by atoms with Crippen LogP contribution in [0, 0.1) is 0 Å². The number of benzene rings is 2. The number of anilines is 1. The van der Waals surface area contributed by atoms with Gasteiger partial charge in [0, 0.05) is 29.4 Å². The number of nitrogens with zero attached hydrogens (tertiary/aromatic N) is 6. The summed E-state index contributed by atoms with van der Waals surface area (Å²) in [5, 5.41) is 19.5. The van der Waals surface area contributed by atoms with Crippen LogP contribution in [0.4, 0.5) is 5.82 Å². The van der Waals surface area contributed by atoms with Gasteiger partial charge in [-0.05, 0) is 49.7 Å². The van der Waals surface area contributed by atoms with E-state index in [9.17, 15) is 0 Å². The van der Waals surface area contributed by atoms with Crippen molar-refractivity contribution in [2.24, 2.45) is 0 Å². The molecule has 34 heavy (non-hydrogen) atoms. The summed E-state index contributed by atoms with van der Waals surface area (Å²) < 4.78 is 3.88. The molecule has 5 aromatic rings. The molecule has 0 unspecified atom stereocenters. The first kappa shape index (κ1) is 22.1. The second-order valence-corrected chi connectivity index (χ2v) is 8.67. The van der Waals surface area contributed by atoms with Crippen LogP contribution in [0.15, 0.2) is 67.1 Å². The average molecular weight is 456 g/mol. The molecule has 3 aromatic heterocycles. The molecule has 3 heterocycles. The lowest BCUT2D eigenvalue weighted by Gasteiger charge is -2.14. The van der Waals surface area contributed by atoms with Crippen molar-refractivity contribution in [2.45, 2.75) is 19.4 Å². The van der Waals surface area contributed by atoms with Gasteiger partial charge in [-0.1, -0.05) is 42.5 Å². The van der Waals surface area contributed by atoms with Gasteiger partial charge < -0.3 is 15.7 Å². The average Bonchev–Trinajstić information content (AvgIpc) is 3.41. The molecular formula is C26H29N7O. The smallest absolute Gasteiger partial charge is 0.151 e. The van der Waals surface area contributed by atoms with Crippen LogP contribution in [0.3, 0.4) is 0 Å². The fourth-order valence-electron chi connectivity index (χ4n) is 4.43. The van der Waals surface area contributed by atoms with Gasteiger partial charge in [-0.25, -0.2) is 9.50 Å². The number of rotatable bonds is 9. The molecule has 0 saturated heterocycles. The third-order valence-electron chi connectivity index (χ3n) is 6.16. The monoisotopic (exact) mass is 455 g/mol. The molecule has 0 bridgehead atoms. The molecule has 5 rings (SSSR count). The van der Waals surface area contributed by atoms with E-state index in [0.29, 0.717) is 12.4 Å². The maximum absolute atomic E-state index is 9.12. The van der Waals surface area contributed by atoms with Crippen LogP contribution in [0.25, 0.3) is 27.5 Å². The van der Waals surface area contributed by atoms with Crippen LogP contribution in [0.5, 0.6) is 0 Å². The summed E-state index contributed by atoms with van der Waals surface area (Å²) in [5.41, 5.74) is 12.4. The highest BCUT2D eigenvalue weighted by Gasteiger charge is 2.16. The third kappa shape index (κ3) is 4.50. The molecule has 0 fully saturated rings. The lowest BCUT2D eigenvalue weighted by Crippen LogP contribution is -2.23. The van der Waals surface area contributed by atoms with Crippen LogP contribution in [0.1, 0.15) is 17.7 Å². The largest absolute Gasteiger partial charge is 0.395 e. The first-order valence-corrected chi connectivity index (χ1v) is 11.5. The highest BCUT2D eigenvalue weighted by atomic mass is 16.3. The Morgan fingerprint density at radius 2 is 1.91 bits per heavy atom. The van der Waals surface area contributed by atoms with Gasteiger partial charge in [0.1, 0.15) is 11.8 Å². The summed E-state index contributed by atoms with van der Waals surface area (Å²) >= 11 is 0. The SMILES string of the molecule is CN(CCO)CCCc1cc(-c2ccc3cn(Cc4ccccc4)nc3c2)c2c(N)ncnn12. The summed E-state index contributed by atoms with van der Waals surface area (Å²) in [6.45, 7) is 2.47. The van der Waals surface area contributed by atoms with E-state index in [4.69, 9.17) is 15.9 Å². The summed E-state index contributed by atoms with van der Waals surface area (Å²) in [4.78, 5) is 6.37. The molecule has 0 spiro atoms. The zero-order chi connectivity index (χ0) is 23.5. The molecule has 0 aliphatic heterocycles. The molecule has 3 N–H and O–H groups in total. The van der Waals surface area contributed by atoms with Gasteiger partial charge in [-0.3, -0.25) is 4.68 Å². The van der Waals surface area contributed by atoms with Crippen LogP contribution in [0.2, 0.25) is 0 Å². The number of aromatic nitrogens is 5. The number of nitrogens with two attached hydrogens (primary N) is 1. The molecule has 174 valence electrons. The van der Waals surface area contributed by atoms with Crippen LogP contribution >= 0.6 is 0 Å². The Balaban J connectivity index is 1.46. The van der Waals surface area contributed by atoms with Gasteiger partial charge in [0.25, 0.3) is 0 Å². The number of aryl methyl sites for hydroxylation is 1. The van der Waals surface area contributed by atoms with Crippen LogP contribution in [-0.2, 0) is 13.0 Å². The molecule has 0 amide bonds. The molecule has 0 aliphatic carbocycles. The quantitative estimate of drug-likeness (QED) is 0.354. The Hall–Kier alpha value is -3.75. The van der Waals surface area contributed by atoms with Crippen molar-refractivity contribution in [1.29, 1.82) is 0 Å². The van der Waals surface area contributed by atoms with Gasteiger partial charge in [0.2, 0.25) is 0 Å². The maximum atomic E-state index is 9.12. The lowest BCUT2D eigenvalue weighted by atomic mass is 10.0. The topological polar surface area (TPSA) is 97.5 Å². The van der Waals surface area contributed by atoms with Crippen molar-refractivity contribution in [2.75, 3.05) is 32.5 Å². The minimum absolute atomic E-state index is 0.169. The summed E-state index contributed by atoms with van der Waals surface area (Å²) in [7, 11) is 2.02. The summed E-state index contributed by atoms with van der Waals surface area (Å²) in [6.07, 6.45) is 5.38.